The van der Waals surface area contributed by atoms with E-state index in [0.29, 0.717) is 12.3 Å². The fraction of sp³-hybridized carbons (Fsp3) is 0.750. The van der Waals surface area contributed by atoms with Crippen molar-refractivity contribution in [2.45, 2.75) is 50.5 Å². The lowest BCUT2D eigenvalue weighted by Crippen LogP contribution is -2.68. The monoisotopic (exact) mass is 335 g/mol. The summed E-state index contributed by atoms with van der Waals surface area (Å²) in [6, 6.07) is 0.554. The zero-order chi connectivity index (χ0) is 17.7. The SMILES string of the molecule is CN1CC(C#N)(NC(=O)CCC2CCCCC2)CN(C(N)=O)C1=O. The number of likely N-dealkylation sites (N-methyl/N-ethyl adjacent to an activating group) is 1. The van der Waals surface area contributed by atoms with E-state index in [1.54, 1.807) is 0 Å². The van der Waals surface area contributed by atoms with E-state index in [2.05, 4.69) is 5.32 Å². The van der Waals surface area contributed by atoms with Gasteiger partial charge in [0.2, 0.25) is 5.91 Å². The van der Waals surface area contributed by atoms with Crippen molar-refractivity contribution in [3.8, 4) is 6.07 Å². The number of carbonyl (C=O) groups excluding carboxylic acids is 3. The Morgan fingerprint density at radius 2 is 2.00 bits per heavy atom. The van der Waals surface area contributed by atoms with Gasteiger partial charge in [-0.25, -0.2) is 14.5 Å². The fourth-order valence-electron chi connectivity index (χ4n) is 3.56. The van der Waals surface area contributed by atoms with Crippen LogP contribution in [0.25, 0.3) is 0 Å². The standard InChI is InChI=1S/C16H25N5O3/c1-20-10-16(9-17,11-21(14(18)23)15(20)24)19-13(22)8-7-12-5-3-2-4-6-12/h12H,2-8,10-11H2,1H3,(H2,18,23)(H,19,22). The maximum Gasteiger partial charge on any atom is 0.328 e. The summed E-state index contributed by atoms with van der Waals surface area (Å²) >= 11 is 0. The summed E-state index contributed by atoms with van der Waals surface area (Å²) in [6.07, 6.45) is 7.17. The maximum absolute atomic E-state index is 12.3. The van der Waals surface area contributed by atoms with Gasteiger partial charge in [0.25, 0.3) is 0 Å². The van der Waals surface area contributed by atoms with Crippen LogP contribution in [0.4, 0.5) is 9.59 Å². The number of urea groups is 2. The summed E-state index contributed by atoms with van der Waals surface area (Å²) in [5, 5.41) is 12.2. The van der Waals surface area contributed by atoms with Crippen LogP contribution in [-0.4, -0.2) is 53.4 Å². The molecule has 0 bridgehead atoms. The molecule has 0 aromatic carbocycles. The lowest BCUT2D eigenvalue weighted by molar-refractivity contribution is -0.123. The highest BCUT2D eigenvalue weighted by atomic mass is 16.2. The van der Waals surface area contributed by atoms with Crippen LogP contribution in [0.3, 0.4) is 0 Å². The van der Waals surface area contributed by atoms with Crippen LogP contribution in [0.5, 0.6) is 0 Å². The summed E-state index contributed by atoms with van der Waals surface area (Å²) in [5.41, 5.74) is 3.88. The van der Waals surface area contributed by atoms with Gasteiger partial charge < -0.3 is 16.0 Å². The van der Waals surface area contributed by atoms with E-state index >= 15 is 0 Å². The number of primary amides is 1. The number of hydrogen-bond donors (Lipinski definition) is 2. The number of nitrogens with one attached hydrogen (secondary N) is 1. The largest absolute Gasteiger partial charge is 0.351 e. The Labute approximate surface area is 141 Å². The Hall–Kier alpha value is -2.30. The van der Waals surface area contributed by atoms with Crippen LogP contribution in [0.15, 0.2) is 0 Å². The number of nitrogens with zero attached hydrogens (tertiary/aromatic N) is 3. The second-order valence-corrected chi connectivity index (χ2v) is 6.85. The molecule has 0 spiro atoms. The van der Waals surface area contributed by atoms with Gasteiger partial charge in [0.1, 0.15) is 0 Å². The predicted molar refractivity (Wildman–Crippen MR) is 86.6 cm³/mol. The molecule has 1 saturated carbocycles. The number of nitrogens with two attached hydrogens (primary N) is 1. The van der Waals surface area contributed by atoms with Gasteiger partial charge in [0.15, 0.2) is 5.54 Å². The van der Waals surface area contributed by atoms with Crippen LogP contribution in [0.1, 0.15) is 44.9 Å². The van der Waals surface area contributed by atoms with Crippen molar-refractivity contribution < 1.29 is 14.4 Å². The predicted octanol–water partition coefficient (Wildman–Crippen LogP) is 1.17. The number of amides is 5. The summed E-state index contributed by atoms with van der Waals surface area (Å²) in [7, 11) is 1.47. The van der Waals surface area contributed by atoms with Gasteiger partial charge in [0.05, 0.1) is 19.2 Å². The lowest BCUT2D eigenvalue weighted by Gasteiger charge is -2.41. The average molecular weight is 335 g/mol. The minimum atomic E-state index is -1.32. The van der Waals surface area contributed by atoms with Crippen molar-refractivity contribution in [2.24, 2.45) is 11.7 Å². The van der Waals surface area contributed by atoms with Gasteiger partial charge in [-0.15, -0.1) is 0 Å². The molecule has 1 aliphatic heterocycles. The van der Waals surface area contributed by atoms with E-state index in [0.717, 1.165) is 24.2 Å². The van der Waals surface area contributed by atoms with Crippen LogP contribution >= 0.6 is 0 Å². The molecular formula is C16H25N5O3. The summed E-state index contributed by atoms with van der Waals surface area (Å²) in [5.74, 6) is 0.342. The number of hydrogen-bond acceptors (Lipinski definition) is 4. The van der Waals surface area contributed by atoms with E-state index in [-0.39, 0.29) is 19.0 Å². The third-order valence-corrected chi connectivity index (χ3v) is 4.86. The Morgan fingerprint density at radius 1 is 1.33 bits per heavy atom. The van der Waals surface area contributed by atoms with Gasteiger partial charge in [-0.3, -0.25) is 4.79 Å². The molecule has 2 aliphatic rings. The van der Waals surface area contributed by atoms with E-state index in [1.807, 2.05) is 6.07 Å². The van der Waals surface area contributed by atoms with E-state index in [1.165, 1.54) is 31.2 Å². The third kappa shape index (κ3) is 4.16. The van der Waals surface area contributed by atoms with Crippen LogP contribution < -0.4 is 11.1 Å². The number of rotatable bonds is 4. The highest BCUT2D eigenvalue weighted by Gasteiger charge is 2.44. The molecule has 8 nitrogen and oxygen atoms in total. The molecule has 1 saturated heterocycles. The van der Waals surface area contributed by atoms with E-state index < -0.39 is 17.6 Å². The first kappa shape index (κ1) is 18.0. The topological polar surface area (TPSA) is 120 Å². The quantitative estimate of drug-likeness (QED) is 0.801. The Balaban J connectivity index is 1.96. The second-order valence-electron chi connectivity index (χ2n) is 6.85. The highest BCUT2D eigenvalue weighted by Crippen LogP contribution is 2.27. The van der Waals surface area contributed by atoms with Crippen molar-refractivity contribution in [2.75, 3.05) is 20.1 Å². The molecule has 1 heterocycles. The molecule has 24 heavy (non-hydrogen) atoms. The fourth-order valence-corrected chi connectivity index (χ4v) is 3.56. The lowest BCUT2D eigenvalue weighted by atomic mass is 9.86. The molecule has 0 aromatic rings. The van der Waals surface area contributed by atoms with E-state index in [4.69, 9.17) is 5.73 Å². The van der Waals surface area contributed by atoms with Crippen molar-refractivity contribution in [3.63, 3.8) is 0 Å². The van der Waals surface area contributed by atoms with Gasteiger partial charge in [0, 0.05) is 13.5 Å². The van der Waals surface area contributed by atoms with Gasteiger partial charge in [-0.1, -0.05) is 32.1 Å². The molecule has 5 amide bonds. The van der Waals surface area contributed by atoms with Gasteiger partial charge >= 0.3 is 12.1 Å². The molecule has 3 N–H and O–H groups in total. The number of imide groups is 1. The first-order chi connectivity index (χ1) is 11.4. The van der Waals surface area contributed by atoms with Crippen molar-refractivity contribution in [3.05, 3.63) is 0 Å². The normalized spacial score (nSPS) is 25.2. The first-order valence-corrected chi connectivity index (χ1v) is 8.41. The van der Waals surface area contributed by atoms with Gasteiger partial charge in [-0.05, 0) is 12.3 Å². The Bertz CT molecular complexity index is 552. The smallest absolute Gasteiger partial charge is 0.328 e. The minimum Gasteiger partial charge on any atom is -0.351 e. The molecule has 132 valence electrons. The number of carbonyl (C=O) groups is 3. The molecule has 1 unspecified atom stereocenters. The summed E-state index contributed by atoms with van der Waals surface area (Å²) in [6.45, 7) is -0.196. The molecule has 1 atom stereocenters. The molecule has 2 fully saturated rings. The Morgan fingerprint density at radius 3 is 2.58 bits per heavy atom. The second kappa shape index (κ2) is 7.51. The number of nitriles is 1. The Kier molecular flexibility index (Phi) is 5.65. The van der Waals surface area contributed by atoms with Crippen molar-refractivity contribution in [1.82, 2.24) is 15.1 Å². The van der Waals surface area contributed by atoms with E-state index in [9.17, 15) is 19.6 Å². The molecule has 0 aromatic heterocycles. The van der Waals surface area contributed by atoms with Crippen molar-refractivity contribution >= 4 is 18.0 Å². The third-order valence-electron chi connectivity index (χ3n) is 4.86. The van der Waals surface area contributed by atoms with Crippen LogP contribution in [-0.2, 0) is 4.79 Å². The summed E-state index contributed by atoms with van der Waals surface area (Å²) < 4.78 is 0. The summed E-state index contributed by atoms with van der Waals surface area (Å²) in [4.78, 5) is 37.6. The molecule has 2 rings (SSSR count). The zero-order valence-corrected chi connectivity index (χ0v) is 14.1. The highest BCUT2D eigenvalue weighted by molar-refractivity contribution is 5.94. The molecule has 1 aliphatic carbocycles. The average Bonchev–Trinajstić information content (AvgIpc) is 2.57. The zero-order valence-electron chi connectivity index (χ0n) is 14.1. The van der Waals surface area contributed by atoms with Crippen LogP contribution in [0, 0.1) is 17.2 Å². The molecule has 0 radical (unpaired) electrons. The van der Waals surface area contributed by atoms with Crippen LogP contribution in [0.2, 0.25) is 0 Å². The first-order valence-electron chi connectivity index (χ1n) is 8.41. The molecular weight excluding hydrogens is 310 g/mol. The minimum absolute atomic E-state index is 0.0290. The molecule has 8 heteroatoms. The van der Waals surface area contributed by atoms with Crippen molar-refractivity contribution in [1.29, 1.82) is 5.26 Å². The maximum atomic E-state index is 12.3. The van der Waals surface area contributed by atoms with Gasteiger partial charge in [-0.2, -0.15) is 5.26 Å².